The fraction of sp³-hybridized carbons (Fsp3) is 0.312. The van der Waals surface area contributed by atoms with Gasteiger partial charge >= 0.3 is 0 Å². The van der Waals surface area contributed by atoms with Crippen LogP contribution in [-0.2, 0) is 9.59 Å². The Balaban J connectivity index is 1.74. The van der Waals surface area contributed by atoms with Crippen LogP contribution >= 0.6 is 11.3 Å². The van der Waals surface area contributed by atoms with Crippen molar-refractivity contribution in [3.8, 4) is 11.3 Å². The number of hydrogen-bond acceptors (Lipinski definition) is 4. The van der Waals surface area contributed by atoms with E-state index >= 15 is 0 Å². The largest absolute Gasteiger partial charge is 0.326 e. The van der Waals surface area contributed by atoms with Gasteiger partial charge in [0.1, 0.15) is 5.82 Å². The maximum absolute atomic E-state index is 14.2. The van der Waals surface area contributed by atoms with Crippen molar-refractivity contribution in [3.05, 3.63) is 29.4 Å². The van der Waals surface area contributed by atoms with Crippen molar-refractivity contribution in [3.63, 3.8) is 0 Å². The maximum atomic E-state index is 14.2. The molecule has 2 aromatic rings. The van der Waals surface area contributed by atoms with Crippen LogP contribution in [0.2, 0.25) is 0 Å². The standard InChI is InChI=1S/C16H16FN3O2S/c1-8-5-12(8)15(22)20-16-19-14(7-23-16)11-4-3-10(6-13(11)17)18-9(2)21/h3-4,6-8,12H,5H2,1-2H3,(H,18,21)(H,19,20,22). The molecule has 2 amide bonds. The molecule has 1 heterocycles. The Hall–Kier alpha value is -2.28. The second-order valence-electron chi connectivity index (χ2n) is 5.72. The molecule has 1 saturated carbocycles. The predicted octanol–water partition coefficient (Wildman–Crippen LogP) is 3.50. The van der Waals surface area contributed by atoms with Gasteiger partial charge in [-0.05, 0) is 30.5 Å². The Morgan fingerprint density at radius 2 is 2.09 bits per heavy atom. The van der Waals surface area contributed by atoms with E-state index in [1.54, 1.807) is 17.5 Å². The zero-order valence-corrected chi connectivity index (χ0v) is 13.5. The van der Waals surface area contributed by atoms with Gasteiger partial charge in [0.25, 0.3) is 0 Å². The molecule has 0 aliphatic heterocycles. The summed E-state index contributed by atoms with van der Waals surface area (Å²) in [4.78, 5) is 27.1. The number of halogens is 1. The van der Waals surface area contributed by atoms with Crippen LogP contribution in [0.3, 0.4) is 0 Å². The van der Waals surface area contributed by atoms with Crippen molar-refractivity contribution < 1.29 is 14.0 Å². The van der Waals surface area contributed by atoms with Gasteiger partial charge in [0.15, 0.2) is 5.13 Å². The highest BCUT2D eigenvalue weighted by molar-refractivity contribution is 7.14. The van der Waals surface area contributed by atoms with Crippen molar-refractivity contribution in [1.29, 1.82) is 0 Å². The van der Waals surface area contributed by atoms with E-state index in [2.05, 4.69) is 15.6 Å². The summed E-state index contributed by atoms with van der Waals surface area (Å²) in [5.74, 6) is -0.274. The minimum absolute atomic E-state index is 0.0279. The van der Waals surface area contributed by atoms with E-state index in [1.165, 1.54) is 24.3 Å². The third kappa shape index (κ3) is 3.56. The highest BCUT2D eigenvalue weighted by Gasteiger charge is 2.39. The van der Waals surface area contributed by atoms with E-state index < -0.39 is 5.82 Å². The molecule has 0 radical (unpaired) electrons. The first-order chi connectivity index (χ1) is 10.9. The van der Waals surface area contributed by atoms with Gasteiger partial charge in [-0.2, -0.15) is 0 Å². The number of carbonyl (C=O) groups excluding carboxylic acids is 2. The lowest BCUT2D eigenvalue weighted by atomic mass is 10.1. The molecule has 0 bridgehead atoms. The summed E-state index contributed by atoms with van der Waals surface area (Å²) in [5.41, 5.74) is 1.18. The SMILES string of the molecule is CC(=O)Nc1ccc(-c2csc(NC(=O)C3CC3C)n2)c(F)c1. The summed E-state index contributed by atoms with van der Waals surface area (Å²) in [7, 11) is 0. The minimum atomic E-state index is -0.477. The summed E-state index contributed by atoms with van der Waals surface area (Å²) in [6.07, 6.45) is 0.906. The Labute approximate surface area is 136 Å². The molecule has 1 aromatic heterocycles. The number of nitrogens with zero attached hydrogens (tertiary/aromatic N) is 1. The Morgan fingerprint density at radius 1 is 1.35 bits per heavy atom. The second kappa shape index (κ2) is 6.08. The number of aromatic nitrogens is 1. The smallest absolute Gasteiger partial charge is 0.229 e. The number of hydrogen-bond donors (Lipinski definition) is 2. The summed E-state index contributed by atoms with van der Waals surface area (Å²) in [6.45, 7) is 3.39. The number of benzene rings is 1. The second-order valence-corrected chi connectivity index (χ2v) is 6.58. The lowest BCUT2D eigenvalue weighted by Crippen LogP contribution is -2.14. The van der Waals surface area contributed by atoms with Crippen molar-refractivity contribution in [2.24, 2.45) is 11.8 Å². The summed E-state index contributed by atoms with van der Waals surface area (Å²) in [5, 5.41) is 7.46. The van der Waals surface area contributed by atoms with E-state index in [9.17, 15) is 14.0 Å². The number of carbonyl (C=O) groups is 2. The average Bonchev–Trinajstić information content (AvgIpc) is 3.03. The molecule has 2 unspecified atom stereocenters. The third-order valence-corrected chi connectivity index (χ3v) is 4.50. The Kier molecular flexibility index (Phi) is 4.12. The van der Waals surface area contributed by atoms with Crippen LogP contribution in [0.25, 0.3) is 11.3 Å². The van der Waals surface area contributed by atoms with Gasteiger partial charge in [0.05, 0.1) is 5.69 Å². The molecule has 23 heavy (non-hydrogen) atoms. The van der Waals surface area contributed by atoms with Crippen LogP contribution < -0.4 is 10.6 Å². The van der Waals surface area contributed by atoms with E-state index in [0.29, 0.717) is 28.0 Å². The van der Waals surface area contributed by atoms with E-state index in [-0.39, 0.29) is 17.7 Å². The number of rotatable bonds is 4. The summed E-state index contributed by atoms with van der Waals surface area (Å²) >= 11 is 1.26. The topological polar surface area (TPSA) is 71.1 Å². The molecular weight excluding hydrogens is 317 g/mol. The lowest BCUT2D eigenvalue weighted by Gasteiger charge is -2.05. The van der Waals surface area contributed by atoms with Gasteiger partial charge in [0.2, 0.25) is 11.8 Å². The van der Waals surface area contributed by atoms with Gasteiger partial charge in [-0.15, -0.1) is 11.3 Å². The Morgan fingerprint density at radius 3 is 2.70 bits per heavy atom. The molecule has 1 fully saturated rings. The molecular formula is C16H16FN3O2S. The van der Waals surface area contributed by atoms with Crippen molar-refractivity contribution in [2.45, 2.75) is 20.3 Å². The first-order valence-corrected chi connectivity index (χ1v) is 8.16. The number of nitrogens with one attached hydrogen (secondary N) is 2. The molecule has 3 rings (SSSR count). The molecule has 2 N–H and O–H groups in total. The molecule has 5 nitrogen and oxygen atoms in total. The fourth-order valence-electron chi connectivity index (χ4n) is 2.34. The predicted molar refractivity (Wildman–Crippen MR) is 87.7 cm³/mol. The quantitative estimate of drug-likeness (QED) is 0.899. The highest BCUT2D eigenvalue weighted by Crippen LogP contribution is 2.39. The molecule has 0 spiro atoms. The fourth-order valence-corrected chi connectivity index (χ4v) is 3.06. The van der Waals surface area contributed by atoms with Crippen molar-refractivity contribution in [1.82, 2.24) is 4.98 Å². The van der Waals surface area contributed by atoms with E-state index in [0.717, 1.165) is 6.42 Å². The number of thiazole rings is 1. The zero-order chi connectivity index (χ0) is 16.6. The molecule has 1 aliphatic carbocycles. The monoisotopic (exact) mass is 333 g/mol. The van der Waals surface area contributed by atoms with Gasteiger partial charge in [-0.25, -0.2) is 9.37 Å². The first kappa shape index (κ1) is 15.6. The maximum Gasteiger partial charge on any atom is 0.229 e. The minimum Gasteiger partial charge on any atom is -0.326 e. The third-order valence-electron chi connectivity index (χ3n) is 3.75. The summed E-state index contributed by atoms with van der Waals surface area (Å²) in [6, 6.07) is 4.42. The van der Waals surface area contributed by atoms with Gasteiger partial charge < -0.3 is 10.6 Å². The van der Waals surface area contributed by atoms with Gasteiger partial charge in [0, 0.05) is 29.5 Å². The van der Waals surface area contributed by atoms with E-state index in [1.807, 2.05) is 6.92 Å². The normalized spacial score (nSPS) is 19.3. The van der Waals surface area contributed by atoms with Crippen LogP contribution in [0.5, 0.6) is 0 Å². The molecule has 2 atom stereocenters. The van der Waals surface area contributed by atoms with Crippen LogP contribution in [0, 0.1) is 17.7 Å². The van der Waals surface area contributed by atoms with E-state index in [4.69, 9.17) is 0 Å². The zero-order valence-electron chi connectivity index (χ0n) is 12.7. The summed E-state index contributed by atoms with van der Waals surface area (Å²) < 4.78 is 14.2. The molecule has 1 aliphatic rings. The number of amides is 2. The van der Waals surface area contributed by atoms with Crippen LogP contribution in [-0.4, -0.2) is 16.8 Å². The van der Waals surface area contributed by atoms with Crippen molar-refractivity contribution >= 4 is 34.0 Å². The van der Waals surface area contributed by atoms with Crippen LogP contribution in [0.1, 0.15) is 20.3 Å². The van der Waals surface area contributed by atoms with Crippen molar-refractivity contribution in [2.75, 3.05) is 10.6 Å². The Bertz CT molecular complexity index is 774. The van der Waals surface area contributed by atoms with Crippen LogP contribution in [0.4, 0.5) is 15.2 Å². The average molecular weight is 333 g/mol. The first-order valence-electron chi connectivity index (χ1n) is 7.28. The molecule has 0 saturated heterocycles. The van der Waals surface area contributed by atoms with Gasteiger partial charge in [-0.1, -0.05) is 6.92 Å². The highest BCUT2D eigenvalue weighted by atomic mass is 32.1. The number of anilines is 2. The molecule has 1 aromatic carbocycles. The molecule has 120 valence electrons. The lowest BCUT2D eigenvalue weighted by molar-refractivity contribution is -0.117. The molecule has 7 heteroatoms. The van der Waals surface area contributed by atoms with Crippen LogP contribution in [0.15, 0.2) is 23.6 Å². The van der Waals surface area contributed by atoms with Gasteiger partial charge in [-0.3, -0.25) is 9.59 Å².